The van der Waals surface area contributed by atoms with E-state index in [1.54, 1.807) is 19.1 Å². The van der Waals surface area contributed by atoms with Crippen molar-refractivity contribution < 1.29 is 14.7 Å². The second-order valence-electron chi connectivity index (χ2n) is 3.60. The van der Waals surface area contributed by atoms with E-state index in [0.29, 0.717) is 5.56 Å². The molecule has 0 spiro atoms. The topological polar surface area (TPSA) is 92.4 Å². The van der Waals surface area contributed by atoms with Crippen molar-refractivity contribution >= 4 is 11.8 Å². The van der Waals surface area contributed by atoms with E-state index >= 15 is 0 Å². The Morgan fingerprint density at radius 2 is 2.06 bits per heavy atom. The van der Waals surface area contributed by atoms with Crippen LogP contribution in [0.1, 0.15) is 22.8 Å². The summed E-state index contributed by atoms with van der Waals surface area (Å²) in [4.78, 5) is 22.3. The Morgan fingerprint density at radius 1 is 1.44 bits per heavy atom. The maximum atomic E-state index is 11.6. The van der Waals surface area contributed by atoms with Crippen molar-refractivity contribution in [3.8, 4) is 5.75 Å². The zero-order chi connectivity index (χ0) is 12.3. The van der Waals surface area contributed by atoms with Crippen LogP contribution in [0.2, 0.25) is 0 Å². The number of rotatable bonds is 3. The van der Waals surface area contributed by atoms with Gasteiger partial charge >= 0.3 is 0 Å². The number of hydrogen-bond acceptors (Lipinski definition) is 3. The minimum atomic E-state index is -0.740. The van der Waals surface area contributed by atoms with Crippen LogP contribution in [0, 0.1) is 6.92 Å². The van der Waals surface area contributed by atoms with Crippen molar-refractivity contribution in [2.45, 2.75) is 19.9 Å². The molecule has 0 bridgehead atoms. The van der Waals surface area contributed by atoms with E-state index in [1.165, 1.54) is 13.0 Å². The van der Waals surface area contributed by atoms with Crippen LogP contribution in [0.4, 0.5) is 0 Å². The van der Waals surface area contributed by atoms with E-state index in [1.807, 2.05) is 0 Å². The highest BCUT2D eigenvalue weighted by molar-refractivity contribution is 5.97. The number of phenolic OH excluding ortho intramolecular Hbond substituents is 1. The summed E-state index contributed by atoms with van der Waals surface area (Å²) in [6, 6.07) is 3.80. The van der Waals surface area contributed by atoms with E-state index in [2.05, 4.69) is 5.32 Å². The number of aryl methyl sites for hydroxylation is 1. The monoisotopic (exact) mass is 222 g/mol. The average Bonchev–Trinajstić information content (AvgIpc) is 2.21. The number of carbonyl (C=O) groups is 2. The Morgan fingerprint density at radius 3 is 2.56 bits per heavy atom. The molecule has 0 aromatic heterocycles. The molecule has 1 aromatic carbocycles. The smallest absolute Gasteiger partial charge is 0.252 e. The zero-order valence-corrected chi connectivity index (χ0v) is 9.15. The van der Waals surface area contributed by atoms with Crippen LogP contribution < -0.4 is 11.1 Å². The van der Waals surface area contributed by atoms with Crippen LogP contribution in [0.3, 0.4) is 0 Å². The first-order valence-electron chi connectivity index (χ1n) is 4.81. The van der Waals surface area contributed by atoms with Crippen molar-refractivity contribution in [1.29, 1.82) is 0 Å². The first-order chi connectivity index (χ1) is 7.41. The van der Waals surface area contributed by atoms with E-state index in [0.717, 1.165) is 0 Å². The maximum absolute atomic E-state index is 11.6. The molecule has 0 aliphatic heterocycles. The number of primary amides is 1. The summed E-state index contributed by atoms with van der Waals surface area (Å²) in [5, 5.41) is 11.8. The molecule has 16 heavy (non-hydrogen) atoms. The fourth-order valence-electron chi connectivity index (χ4n) is 1.10. The molecule has 0 unspecified atom stereocenters. The minimum absolute atomic E-state index is 0.0411. The molecule has 4 N–H and O–H groups in total. The van der Waals surface area contributed by atoms with E-state index < -0.39 is 17.9 Å². The zero-order valence-electron chi connectivity index (χ0n) is 9.15. The molecule has 86 valence electrons. The van der Waals surface area contributed by atoms with Gasteiger partial charge in [0.2, 0.25) is 5.91 Å². The van der Waals surface area contributed by atoms with E-state index in [4.69, 9.17) is 5.73 Å². The van der Waals surface area contributed by atoms with Gasteiger partial charge in [-0.15, -0.1) is 0 Å². The number of aromatic hydroxyl groups is 1. The molecule has 2 amide bonds. The maximum Gasteiger partial charge on any atom is 0.252 e. The lowest BCUT2D eigenvalue weighted by molar-refractivity contribution is -0.119. The number of nitrogens with one attached hydrogen (secondary N) is 1. The predicted molar refractivity (Wildman–Crippen MR) is 59.0 cm³/mol. The summed E-state index contributed by atoms with van der Waals surface area (Å²) in [5.41, 5.74) is 5.98. The van der Waals surface area contributed by atoms with Gasteiger partial charge < -0.3 is 16.2 Å². The average molecular weight is 222 g/mol. The van der Waals surface area contributed by atoms with Crippen molar-refractivity contribution in [1.82, 2.24) is 5.32 Å². The summed E-state index contributed by atoms with van der Waals surface area (Å²) in [6.45, 7) is 3.22. The van der Waals surface area contributed by atoms with Crippen LogP contribution in [-0.2, 0) is 4.79 Å². The van der Waals surface area contributed by atoms with Gasteiger partial charge in [-0.1, -0.05) is 6.07 Å². The Kier molecular flexibility index (Phi) is 3.50. The first-order valence-corrected chi connectivity index (χ1v) is 4.81. The molecular formula is C11H14N2O3. The summed E-state index contributed by atoms with van der Waals surface area (Å²) >= 11 is 0. The Bertz CT molecular complexity index is 429. The van der Waals surface area contributed by atoms with Gasteiger partial charge in [-0.05, 0) is 31.5 Å². The van der Waals surface area contributed by atoms with Crippen LogP contribution in [0.25, 0.3) is 0 Å². The van der Waals surface area contributed by atoms with Crippen molar-refractivity contribution in [2.75, 3.05) is 0 Å². The molecule has 0 radical (unpaired) electrons. The molecule has 5 heteroatoms. The predicted octanol–water partition coefficient (Wildman–Crippen LogP) is 0.304. The first kappa shape index (κ1) is 12.0. The Balaban J connectivity index is 2.81. The normalized spacial score (nSPS) is 11.9. The number of amides is 2. The molecule has 0 fully saturated rings. The van der Waals surface area contributed by atoms with Crippen molar-refractivity contribution in [2.24, 2.45) is 5.73 Å². The van der Waals surface area contributed by atoms with Crippen LogP contribution >= 0.6 is 0 Å². The van der Waals surface area contributed by atoms with Gasteiger partial charge in [-0.3, -0.25) is 9.59 Å². The van der Waals surface area contributed by atoms with Crippen LogP contribution in [0.15, 0.2) is 18.2 Å². The number of nitrogens with two attached hydrogens (primary N) is 1. The number of benzene rings is 1. The highest BCUT2D eigenvalue weighted by Crippen LogP contribution is 2.17. The van der Waals surface area contributed by atoms with Gasteiger partial charge in [0, 0.05) is 5.56 Å². The summed E-state index contributed by atoms with van der Waals surface area (Å²) < 4.78 is 0. The highest BCUT2D eigenvalue weighted by atomic mass is 16.3. The SMILES string of the molecule is Cc1ccc(C(=O)N[C@@H](C)C(N)=O)cc1O. The van der Waals surface area contributed by atoms with Gasteiger partial charge in [0.05, 0.1) is 0 Å². The molecular weight excluding hydrogens is 208 g/mol. The van der Waals surface area contributed by atoms with Gasteiger partial charge in [0.25, 0.3) is 5.91 Å². The second-order valence-corrected chi connectivity index (χ2v) is 3.60. The fraction of sp³-hybridized carbons (Fsp3) is 0.273. The largest absolute Gasteiger partial charge is 0.508 e. The number of hydrogen-bond donors (Lipinski definition) is 3. The minimum Gasteiger partial charge on any atom is -0.508 e. The van der Waals surface area contributed by atoms with Gasteiger partial charge in [0.15, 0.2) is 0 Å². The van der Waals surface area contributed by atoms with Crippen LogP contribution in [0.5, 0.6) is 5.75 Å². The lowest BCUT2D eigenvalue weighted by Gasteiger charge is -2.10. The molecule has 1 atom stereocenters. The molecule has 0 aliphatic rings. The molecule has 1 rings (SSSR count). The number of carbonyl (C=O) groups excluding carboxylic acids is 2. The Labute approximate surface area is 93.3 Å². The quantitative estimate of drug-likeness (QED) is 0.687. The standard InChI is InChI=1S/C11H14N2O3/c1-6-3-4-8(5-9(6)14)11(16)13-7(2)10(12)15/h3-5,7,14H,1-2H3,(H2,12,15)(H,13,16)/t7-/m0/s1. The van der Waals surface area contributed by atoms with Gasteiger partial charge in [0.1, 0.15) is 11.8 Å². The second kappa shape index (κ2) is 4.65. The third-order valence-corrected chi connectivity index (χ3v) is 2.25. The molecule has 0 saturated carbocycles. The van der Waals surface area contributed by atoms with Gasteiger partial charge in [-0.25, -0.2) is 0 Å². The lowest BCUT2D eigenvalue weighted by atomic mass is 10.1. The summed E-state index contributed by atoms with van der Waals surface area (Å²) in [6.07, 6.45) is 0. The Hall–Kier alpha value is -2.04. The molecule has 0 aliphatic carbocycles. The van der Waals surface area contributed by atoms with Crippen LogP contribution in [-0.4, -0.2) is 23.0 Å². The van der Waals surface area contributed by atoms with E-state index in [-0.39, 0.29) is 11.3 Å². The molecule has 0 saturated heterocycles. The number of phenols is 1. The third kappa shape index (κ3) is 2.73. The molecule has 0 heterocycles. The fourth-order valence-corrected chi connectivity index (χ4v) is 1.10. The van der Waals surface area contributed by atoms with Crippen molar-refractivity contribution in [3.05, 3.63) is 29.3 Å². The summed E-state index contributed by atoms with van der Waals surface area (Å²) in [5.74, 6) is -1.01. The summed E-state index contributed by atoms with van der Waals surface area (Å²) in [7, 11) is 0. The molecule has 5 nitrogen and oxygen atoms in total. The lowest BCUT2D eigenvalue weighted by Crippen LogP contribution is -2.42. The van der Waals surface area contributed by atoms with E-state index in [9.17, 15) is 14.7 Å². The van der Waals surface area contributed by atoms with Gasteiger partial charge in [-0.2, -0.15) is 0 Å². The third-order valence-electron chi connectivity index (χ3n) is 2.25. The van der Waals surface area contributed by atoms with Crippen molar-refractivity contribution in [3.63, 3.8) is 0 Å². The highest BCUT2D eigenvalue weighted by Gasteiger charge is 2.14. The molecule has 1 aromatic rings.